The summed E-state index contributed by atoms with van der Waals surface area (Å²) in [6.45, 7) is 2.66. The van der Waals surface area contributed by atoms with Crippen molar-refractivity contribution in [3.8, 4) is 5.75 Å². The number of pyridine rings is 1. The van der Waals surface area contributed by atoms with Gasteiger partial charge in [0.2, 0.25) is 0 Å². The maximum absolute atomic E-state index is 13.4. The second-order valence-electron chi connectivity index (χ2n) is 8.44. The van der Waals surface area contributed by atoms with Gasteiger partial charge in [-0.1, -0.05) is 36.4 Å². The molecule has 2 aromatic carbocycles. The molecule has 2 fully saturated rings. The van der Waals surface area contributed by atoms with Crippen molar-refractivity contribution in [3.05, 3.63) is 95.2 Å². The molecular formula is C28H26N4O4S. The van der Waals surface area contributed by atoms with Crippen LogP contribution in [0.4, 0.5) is 5.69 Å². The summed E-state index contributed by atoms with van der Waals surface area (Å²) in [4.78, 5) is 38.6. The van der Waals surface area contributed by atoms with Gasteiger partial charge >= 0.3 is 0 Å². The number of aliphatic imine (C=N–C) groups is 1. The molecule has 2 amide bonds. The number of para-hydroxylation sites is 1. The maximum Gasteiger partial charge on any atom is 0.267 e. The first-order chi connectivity index (χ1) is 18.2. The van der Waals surface area contributed by atoms with Gasteiger partial charge in [0.1, 0.15) is 5.75 Å². The molecule has 0 saturated carbocycles. The van der Waals surface area contributed by atoms with Gasteiger partial charge < -0.3 is 14.4 Å². The first kappa shape index (κ1) is 24.7. The Labute approximate surface area is 219 Å². The predicted octanol–water partition coefficient (Wildman–Crippen LogP) is 4.12. The van der Waals surface area contributed by atoms with Crippen molar-refractivity contribution < 1.29 is 19.1 Å². The van der Waals surface area contributed by atoms with Gasteiger partial charge in [0.05, 0.1) is 30.4 Å². The van der Waals surface area contributed by atoms with E-state index in [1.165, 1.54) is 11.8 Å². The molecule has 2 aliphatic rings. The average Bonchev–Trinajstić information content (AvgIpc) is 3.23. The van der Waals surface area contributed by atoms with E-state index >= 15 is 0 Å². The Morgan fingerprint density at radius 1 is 1.05 bits per heavy atom. The minimum Gasteiger partial charge on any atom is -0.484 e. The first-order valence-corrected chi connectivity index (χ1v) is 12.8. The quantitative estimate of drug-likeness (QED) is 0.441. The maximum atomic E-state index is 13.4. The highest BCUT2D eigenvalue weighted by Crippen LogP contribution is 2.35. The molecule has 8 nitrogen and oxygen atoms in total. The van der Waals surface area contributed by atoms with Crippen molar-refractivity contribution >= 4 is 40.5 Å². The summed E-state index contributed by atoms with van der Waals surface area (Å²) in [6, 6.07) is 20.7. The summed E-state index contributed by atoms with van der Waals surface area (Å²) < 4.78 is 11.0. The van der Waals surface area contributed by atoms with Crippen LogP contribution < -0.4 is 4.74 Å². The molecule has 0 aliphatic carbocycles. The van der Waals surface area contributed by atoms with Crippen LogP contribution in [0.25, 0.3) is 6.08 Å². The summed E-state index contributed by atoms with van der Waals surface area (Å²) in [5, 5.41) is 0.618. The van der Waals surface area contributed by atoms with E-state index < -0.39 is 0 Å². The molecule has 0 N–H and O–H groups in total. The van der Waals surface area contributed by atoms with Crippen molar-refractivity contribution in [1.29, 1.82) is 0 Å². The average molecular weight is 515 g/mol. The van der Waals surface area contributed by atoms with Crippen molar-refractivity contribution in [2.75, 3.05) is 32.9 Å². The number of hydrogen-bond acceptors (Lipinski definition) is 7. The molecule has 1 aromatic heterocycles. The molecule has 3 heterocycles. The largest absolute Gasteiger partial charge is 0.484 e. The number of amidine groups is 1. The lowest BCUT2D eigenvalue weighted by Crippen LogP contribution is -2.42. The Hall–Kier alpha value is -3.95. The third-order valence-corrected chi connectivity index (χ3v) is 6.84. The van der Waals surface area contributed by atoms with E-state index in [0.717, 1.165) is 16.8 Å². The fourth-order valence-corrected chi connectivity index (χ4v) is 4.88. The number of amides is 2. The van der Waals surface area contributed by atoms with Crippen LogP contribution in [0.15, 0.2) is 89.0 Å². The normalized spacial score (nSPS) is 18.0. The van der Waals surface area contributed by atoms with Crippen molar-refractivity contribution in [2.24, 2.45) is 4.99 Å². The Morgan fingerprint density at radius 3 is 2.57 bits per heavy atom. The molecule has 0 atom stereocenters. The Kier molecular flexibility index (Phi) is 7.93. The Balaban J connectivity index is 1.29. The molecule has 0 radical (unpaired) electrons. The number of carbonyl (C=O) groups excluding carboxylic acids is 2. The van der Waals surface area contributed by atoms with Gasteiger partial charge in [-0.15, -0.1) is 0 Å². The van der Waals surface area contributed by atoms with E-state index in [4.69, 9.17) is 14.5 Å². The van der Waals surface area contributed by atoms with Gasteiger partial charge in [0.25, 0.3) is 11.8 Å². The molecule has 5 rings (SSSR count). The van der Waals surface area contributed by atoms with Crippen molar-refractivity contribution in [3.63, 3.8) is 0 Å². The number of thioether (sulfide) groups is 1. The molecule has 188 valence electrons. The number of ether oxygens (including phenoxy) is 2. The van der Waals surface area contributed by atoms with Crippen LogP contribution in [0.2, 0.25) is 0 Å². The number of nitrogens with zero attached hydrogens (tertiary/aromatic N) is 4. The monoisotopic (exact) mass is 514 g/mol. The fourth-order valence-electron chi connectivity index (χ4n) is 3.88. The zero-order chi connectivity index (χ0) is 25.5. The standard InChI is InChI=1S/C28H26N4O4S/c33-26(31-13-15-35-16-14-31)20-36-24-10-8-21(9-11-24)17-25-27(34)32(19-22-5-4-12-29-18-22)28(37-25)30-23-6-2-1-3-7-23/h1-12,17-18H,13-16,19-20H2/b25-17-,30-28?. The minimum atomic E-state index is -0.111. The number of carbonyl (C=O) groups is 2. The highest BCUT2D eigenvalue weighted by Gasteiger charge is 2.33. The van der Waals surface area contributed by atoms with E-state index in [0.29, 0.717) is 48.7 Å². The third kappa shape index (κ3) is 6.44. The van der Waals surface area contributed by atoms with Crippen LogP contribution in [0.3, 0.4) is 0 Å². The van der Waals surface area contributed by atoms with Gasteiger partial charge in [-0.3, -0.25) is 19.5 Å². The smallest absolute Gasteiger partial charge is 0.267 e. The summed E-state index contributed by atoms with van der Waals surface area (Å²) in [7, 11) is 0. The lowest BCUT2D eigenvalue weighted by molar-refractivity contribution is -0.137. The fraction of sp³-hybridized carbons (Fsp3) is 0.214. The molecule has 2 saturated heterocycles. The van der Waals surface area contributed by atoms with Gasteiger partial charge in [0.15, 0.2) is 11.8 Å². The van der Waals surface area contributed by atoms with Gasteiger partial charge in [-0.2, -0.15) is 0 Å². The molecule has 0 spiro atoms. The minimum absolute atomic E-state index is 0.0165. The van der Waals surface area contributed by atoms with Gasteiger partial charge in [0, 0.05) is 25.5 Å². The third-order valence-electron chi connectivity index (χ3n) is 5.84. The zero-order valence-corrected chi connectivity index (χ0v) is 21.0. The number of benzene rings is 2. The van der Waals surface area contributed by atoms with Gasteiger partial charge in [-0.05, 0) is 59.3 Å². The molecule has 9 heteroatoms. The highest BCUT2D eigenvalue weighted by atomic mass is 32.2. The number of morpholine rings is 1. The van der Waals surface area contributed by atoms with E-state index in [1.54, 1.807) is 34.3 Å². The topological polar surface area (TPSA) is 84.3 Å². The second-order valence-corrected chi connectivity index (χ2v) is 9.45. The van der Waals surface area contributed by atoms with Crippen LogP contribution in [0, 0.1) is 0 Å². The van der Waals surface area contributed by atoms with Crippen molar-refractivity contribution in [1.82, 2.24) is 14.8 Å². The summed E-state index contributed by atoms with van der Waals surface area (Å²) in [5.74, 6) is 0.431. The summed E-state index contributed by atoms with van der Waals surface area (Å²) in [6.07, 6.45) is 5.31. The lowest BCUT2D eigenvalue weighted by atomic mass is 10.2. The van der Waals surface area contributed by atoms with E-state index in [1.807, 2.05) is 60.7 Å². The summed E-state index contributed by atoms with van der Waals surface area (Å²) >= 11 is 1.35. The molecule has 0 bridgehead atoms. The predicted molar refractivity (Wildman–Crippen MR) is 143 cm³/mol. The Bertz CT molecular complexity index is 1290. The molecule has 0 unspecified atom stereocenters. The van der Waals surface area contributed by atoms with Crippen LogP contribution in [0.5, 0.6) is 5.75 Å². The van der Waals surface area contributed by atoms with Crippen LogP contribution in [0.1, 0.15) is 11.1 Å². The zero-order valence-electron chi connectivity index (χ0n) is 20.2. The number of hydrogen-bond donors (Lipinski definition) is 0. The molecule has 37 heavy (non-hydrogen) atoms. The Morgan fingerprint density at radius 2 is 1.84 bits per heavy atom. The number of aromatic nitrogens is 1. The molecule has 2 aliphatic heterocycles. The van der Waals surface area contributed by atoms with Crippen molar-refractivity contribution in [2.45, 2.75) is 6.54 Å². The van der Waals surface area contributed by atoms with Crippen LogP contribution in [-0.2, 0) is 20.9 Å². The van der Waals surface area contributed by atoms with Gasteiger partial charge in [-0.25, -0.2) is 4.99 Å². The van der Waals surface area contributed by atoms with Crippen LogP contribution in [-0.4, -0.2) is 64.7 Å². The summed E-state index contributed by atoms with van der Waals surface area (Å²) in [5.41, 5.74) is 2.56. The van der Waals surface area contributed by atoms with E-state index in [2.05, 4.69) is 4.98 Å². The first-order valence-electron chi connectivity index (χ1n) is 12.0. The highest BCUT2D eigenvalue weighted by molar-refractivity contribution is 8.18. The SMILES string of the molecule is O=C(COc1ccc(/C=C2\SC(=Nc3ccccc3)N(Cc3cccnc3)C2=O)cc1)N1CCOCC1. The van der Waals surface area contributed by atoms with E-state index in [-0.39, 0.29) is 18.4 Å². The lowest BCUT2D eigenvalue weighted by Gasteiger charge is -2.26. The molecule has 3 aromatic rings. The number of rotatable bonds is 7. The van der Waals surface area contributed by atoms with Crippen LogP contribution >= 0.6 is 11.8 Å². The molecular weight excluding hydrogens is 488 g/mol. The van der Waals surface area contributed by atoms with E-state index in [9.17, 15) is 9.59 Å². The second kappa shape index (κ2) is 11.9.